The van der Waals surface area contributed by atoms with Gasteiger partial charge in [0, 0.05) is 44.5 Å². The molecular weight excluding hydrogens is 467 g/mol. The molecule has 8 nitrogen and oxygen atoms in total. The Morgan fingerprint density at radius 2 is 2.04 bits per heavy atom. The van der Waals surface area contributed by atoms with Crippen molar-refractivity contribution in [3.8, 4) is 0 Å². The van der Waals surface area contributed by atoms with Crippen molar-refractivity contribution in [3.63, 3.8) is 0 Å². The number of guanidine groups is 1. The van der Waals surface area contributed by atoms with Crippen LogP contribution in [0.1, 0.15) is 30.6 Å². The summed E-state index contributed by atoms with van der Waals surface area (Å²) in [4.78, 5) is 4.66. The van der Waals surface area contributed by atoms with Gasteiger partial charge in [0.25, 0.3) is 0 Å². The van der Waals surface area contributed by atoms with Crippen LogP contribution in [0.15, 0.2) is 35.5 Å². The Balaban J connectivity index is 0.00000280. The van der Waals surface area contributed by atoms with Gasteiger partial charge in [0.15, 0.2) is 11.6 Å². The molecule has 0 unspecified atom stereocenters. The van der Waals surface area contributed by atoms with Gasteiger partial charge >= 0.3 is 0 Å². The number of aliphatic imine (C=N–C) groups is 1. The fourth-order valence-electron chi connectivity index (χ4n) is 3.01. The Morgan fingerprint density at radius 1 is 1.18 bits per heavy atom. The van der Waals surface area contributed by atoms with E-state index < -0.39 is 0 Å². The summed E-state index contributed by atoms with van der Waals surface area (Å²) in [5.74, 6) is 1.78. The maximum absolute atomic E-state index is 4.66. The third-order valence-corrected chi connectivity index (χ3v) is 4.27. The minimum atomic E-state index is 0. The second-order valence-corrected chi connectivity index (χ2v) is 6.49. The van der Waals surface area contributed by atoms with Gasteiger partial charge in [-0.3, -0.25) is 14.1 Å². The van der Waals surface area contributed by atoms with Gasteiger partial charge in [-0.05, 0) is 45.4 Å². The lowest BCUT2D eigenvalue weighted by molar-refractivity contribution is 0.567. The van der Waals surface area contributed by atoms with Crippen molar-refractivity contribution in [2.45, 2.75) is 40.2 Å². The average molecular weight is 496 g/mol. The van der Waals surface area contributed by atoms with Crippen molar-refractivity contribution in [1.29, 1.82) is 0 Å². The number of aromatic nitrogens is 5. The maximum Gasteiger partial charge on any atom is 0.191 e. The van der Waals surface area contributed by atoms with Gasteiger partial charge < -0.3 is 10.6 Å². The largest absolute Gasteiger partial charge is 0.357 e. The molecule has 3 aromatic rings. The molecule has 0 bridgehead atoms. The molecule has 0 fully saturated rings. The number of halogens is 1. The summed E-state index contributed by atoms with van der Waals surface area (Å²) in [5, 5.41) is 19.6. The summed E-state index contributed by atoms with van der Waals surface area (Å²) in [6.07, 6.45) is 3.72. The monoisotopic (exact) mass is 496 g/mol. The Bertz CT molecular complexity index is 898. The molecule has 152 valence electrons. The molecule has 3 aromatic heterocycles. The molecule has 0 amide bonds. The van der Waals surface area contributed by atoms with Crippen LogP contribution in [0.4, 0.5) is 0 Å². The van der Waals surface area contributed by atoms with Gasteiger partial charge in [0.1, 0.15) is 5.82 Å². The fourth-order valence-corrected chi connectivity index (χ4v) is 3.01. The molecular formula is C19H29IN8. The smallest absolute Gasteiger partial charge is 0.191 e. The van der Waals surface area contributed by atoms with Crippen LogP contribution >= 0.6 is 24.0 Å². The summed E-state index contributed by atoms with van der Waals surface area (Å²) in [7, 11) is 0. The summed E-state index contributed by atoms with van der Waals surface area (Å²) < 4.78 is 4.06. The molecule has 0 aromatic carbocycles. The lowest BCUT2D eigenvalue weighted by Crippen LogP contribution is -2.38. The van der Waals surface area contributed by atoms with Crippen LogP contribution in [0, 0.1) is 13.8 Å². The lowest BCUT2D eigenvalue weighted by Gasteiger charge is -2.11. The van der Waals surface area contributed by atoms with Gasteiger partial charge in [-0.25, -0.2) is 0 Å². The minimum absolute atomic E-state index is 0. The summed E-state index contributed by atoms with van der Waals surface area (Å²) in [6, 6.07) is 8.01. The van der Waals surface area contributed by atoms with Crippen LogP contribution in [0.2, 0.25) is 0 Å². The summed E-state index contributed by atoms with van der Waals surface area (Å²) >= 11 is 0. The molecule has 0 aliphatic heterocycles. The zero-order valence-electron chi connectivity index (χ0n) is 16.7. The first-order valence-electron chi connectivity index (χ1n) is 9.49. The number of nitrogens with zero attached hydrogens (tertiary/aromatic N) is 6. The molecule has 0 radical (unpaired) electrons. The van der Waals surface area contributed by atoms with Crippen LogP contribution in [0.5, 0.6) is 0 Å². The molecule has 28 heavy (non-hydrogen) atoms. The van der Waals surface area contributed by atoms with E-state index in [0.717, 1.165) is 62.1 Å². The Labute approximate surface area is 182 Å². The molecule has 2 N–H and O–H groups in total. The van der Waals surface area contributed by atoms with Crippen molar-refractivity contribution >= 4 is 35.6 Å². The lowest BCUT2D eigenvalue weighted by atomic mass is 10.4. The first-order chi connectivity index (χ1) is 13.2. The molecule has 3 rings (SSSR count). The van der Waals surface area contributed by atoms with E-state index in [4.69, 9.17) is 0 Å². The highest BCUT2D eigenvalue weighted by Crippen LogP contribution is 2.03. The number of aryl methyl sites for hydroxylation is 3. The van der Waals surface area contributed by atoms with Gasteiger partial charge in [0.05, 0.1) is 5.69 Å². The van der Waals surface area contributed by atoms with Crippen molar-refractivity contribution in [1.82, 2.24) is 35.0 Å². The van der Waals surface area contributed by atoms with Crippen molar-refractivity contribution < 1.29 is 0 Å². The van der Waals surface area contributed by atoms with Crippen LogP contribution in [-0.2, 0) is 13.0 Å². The highest BCUT2D eigenvalue weighted by molar-refractivity contribution is 14.0. The van der Waals surface area contributed by atoms with Crippen LogP contribution in [-0.4, -0.2) is 50.0 Å². The maximum atomic E-state index is 4.66. The highest BCUT2D eigenvalue weighted by Gasteiger charge is 2.05. The number of nitrogens with one attached hydrogen (secondary N) is 2. The standard InChI is InChI=1S/C19H28N8.HI/c1-4-20-19(21-10-7-13-27-16(3)14-15(2)25-27)22-11-9-18-24-23-17-8-5-6-12-26(17)18;/h5-6,8,12,14H,4,7,9-11,13H2,1-3H3,(H2,20,21,22);1H. The third-order valence-electron chi connectivity index (χ3n) is 4.27. The number of fused-ring (bicyclic) bond motifs is 1. The van der Waals surface area contributed by atoms with E-state index in [9.17, 15) is 0 Å². The van der Waals surface area contributed by atoms with Gasteiger partial charge in [-0.2, -0.15) is 5.10 Å². The topological polar surface area (TPSA) is 84.4 Å². The van der Waals surface area contributed by atoms with Crippen molar-refractivity contribution in [2.75, 3.05) is 19.6 Å². The zero-order chi connectivity index (χ0) is 19.1. The first-order valence-corrected chi connectivity index (χ1v) is 9.49. The van der Waals surface area contributed by atoms with Crippen LogP contribution in [0.25, 0.3) is 5.65 Å². The Morgan fingerprint density at radius 3 is 2.79 bits per heavy atom. The molecule has 9 heteroatoms. The zero-order valence-corrected chi connectivity index (χ0v) is 19.1. The van der Waals surface area contributed by atoms with E-state index in [1.54, 1.807) is 0 Å². The molecule has 0 saturated carbocycles. The SMILES string of the molecule is CCNC(=NCCCn1nc(C)cc1C)NCCc1nnc2ccccn12.I. The van der Waals surface area contributed by atoms with Gasteiger partial charge in [-0.15, -0.1) is 34.2 Å². The second kappa shape index (κ2) is 11.0. The molecule has 0 atom stereocenters. The second-order valence-electron chi connectivity index (χ2n) is 6.49. The predicted octanol–water partition coefficient (Wildman–Crippen LogP) is 2.35. The van der Waals surface area contributed by atoms with Crippen molar-refractivity contribution in [3.05, 3.63) is 47.7 Å². The van der Waals surface area contributed by atoms with E-state index in [1.807, 2.05) is 40.4 Å². The molecule has 0 spiro atoms. The van der Waals surface area contributed by atoms with Crippen LogP contribution in [0.3, 0.4) is 0 Å². The predicted molar refractivity (Wildman–Crippen MR) is 122 cm³/mol. The van der Waals surface area contributed by atoms with E-state index in [2.05, 4.69) is 50.8 Å². The van der Waals surface area contributed by atoms with E-state index in [-0.39, 0.29) is 24.0 Å². The van der Waals surface area contributed by atoms with E-state index in [0.29, 0.717) is 0 Å². The minimum Gasteiger partial charge on any atom is -0.357 e. The molecule has 3 heterocycles. The molecule has 0 aliphatic carbocycles. The average Bonchev–Trinajstić information content (AvgIpc) is 3.21. The summed E-state index contributed by atoms with van der Waals surface area (Å²) in [6.45, 7) is 9.39. The fraction of sp³-hybridized carbons (Fsp3) is 0.474. The number of hydrogen-bond donors (Lipinski definition) is 2. The third kappa shape index (κ3) is 5.91. The number of hydrogen-bond acceptors (Lipinski definition) is 4. The van der Waals surface area contributed by atoms with Gasteiger partial charge in [-0.1, -0.05) is 6.07 Å². The Hall–Kier alpha value is -2.17. The number of rotatable bonds is 8. The van der Waals surface area contributed by atoms with Crippen molar-refractivity contribution in [2.24, 2.45) is 4.99 Å². The quantitative estimate of drug-likeness (QED) is 0.217. The Kier molecular flexibility index (Phi) is 8.68. The summed E-state index contributed by atoms with van der Waals surface area (Å²) in [5.41, 5.74) is 3.13. The van der Waals surface area contributed by atoms with Crippen LogP contribution < -0.4 is 10.6 Å². The van der Waals surface area contributed by atoms with E-state index in [1.165, 1.54) is 5.69 Å². The van der Waals surface area contributed by atoms with E-state index >= 15 is 0 Å². The molecule has 0 saturated heterocycles. The highest BCUT2D eigenvalue weighted by atomic mass is 127. The van der Waals surface area contributed by atoms with Gasteiger partial charge in [0.2, 0.25) is 0 Å². The first kappa shape index (κ1) is 22.1. The number of pyridine rings is 1. The normalized spacial score (nSPS) is 11.5. The molecule has 0 aliphatic rings.